The second-order valence-corrected chi connectivity index (χ2v) is 13.2. The summed E-state index contributed by atoms with van der Waals surface area (Å²) < 4.78 is 5.26. The first-order valence-corrected chi connectivity index (χ1v) is 15.7. The number of benzene rings is 4. The Labute approximate surface area is 244 Å². The van der Waals surface area contributed by atoms with Crippen molar-refractivity contribution in [3.8, 4) is 5.69 Å². The first-order valence-electron chi connectivity index (χ1n) is 14.0. The van der Waals surface area contributed by atoms with Crippen LogP contribution in [0.15, 0.2) is 83.6 Å². The molecule has 0 saturated carbocycles. The average molecular weight is 554 g/mol. The van der Waals surface area contributed by atoms with E-state index in [1.54, 1.807) is 0 Å². The van der Waals surface area contributed by atoms with Crippen molar-refractivity contribution in [2.75, 3.05) is 0 Å². The number of hydrogen-bond donors (Lipinski definition) is 0. The van der Waals surface area contributed by atoms with E-state index in [2.05, 4.69) is 130 Å². The first kappa shape index (κ1) is 25.4. The van der Waals surface area contributed by atoms with Crippen LogP contribution in [0.2, 0.25) is 0 Å². The fraction of sp³-hybridized carbons (Fsp3) is 0.167. The molecular weight excluding hydrogens is 521 g/mol. The summed E-state index contributed by atoms with van der Waals surface area (Å²) in [6.07, 6.45) is 0. The van der Waals surface area contributed by atoms with Crippen LogP contribution in [0.1, 0.15) is 33.4 Å². The SMILES string of the molecule is Cc1cc(C)c(B(c2c(C)cc(C)cc2C)c2csc3c(-n4c5ccccc5c5ccccc54)csc23)c(C)c1. The van der Waals surface area contributed by atoms with Gasteiger partial charge in [0.15, 0.2) is 0 Å². The van der Waals surface area contributed by atoms with Crippen LogP contribution >= 0.6 is 22.7 Å². The zero-order chi connectivity index (χ0) is 27.7. The van der Waals surface area contributed by atoms with Crippen LogP contribution in [0.25, 0.3) is 36.9 Å². The molecule has 0 aliphatic carbocycles. The maximum atomic E-state index is 2.48. The number of thiophene rings is 2. The van der Waals surface area contributed by atoms with Gasteiger partial charge < -0.3 is 4.57 Å². The predicted octanol–water partition coefficient (Wildman–Crippen LogP) is 8.43. The Bertz CT molecular complexity index is 1930. The molecule has 4 aromatic carbocycles. The van der Waals surface area contributed by atoms with Crippen molar-refractivity contribution in [3.63, 3.8) is 0 Å². The molecule has 0 aliphatic rings. The maximum absolute atomic E-state index is 2.48. The van der Waals surface area contributed by atoms with E-state index in [4.69, 9.17) is 0 Å². The second-order valence-electron chi connectivity index (χ2n) is 11.4. The summed E-state index contributed by atoms with van der Waals surface area (Å²) in [5.74, 6) is 0. The van der Waals surface area contributed by atoms with E-state index >= 15 is 0 Å². The molecule has 0 aliphatic heterocycles. The topological polar surface area (TPSA) is 4.93 Å². The highest BCUT2D eigenvalue weighted by Crippen LogP contribution is 2.39. The lowest BCUT2D eigenvalue weighted by molar-refractivity contribution is 1.21. The van der Waals surface area contributed by atoms with Crippen molar-refractivity contribution in [1.29, 1.82) is 0 Å². The molecule has 0 fully saturated rings. The number of nitrogens with zero attached hydrogens (tertiary/aromatic N) is 1. The number of aryl methyl sites for hydroxylation is 6. The van der Waals surface area contributed by atoms with E-state index in [1.807, 2.05) is 22.7 Å². The van der Waals surface area contributed by atoms with Crippen LogP contribution < -0.4 is 16.4 Å². The zero-order valence-corrected chi connectivity index (χ0v) is 25.6. The van der Waals surface area contributed by atoms with E-state index in [-0.39, 0.29) is 6.71 Å². The highest BCUT2D eigenvalue weighted by atomic mass is 32.1. The Balaban J connectivity index is 1.52. The lowest BCUT2D eigenvalue weighted by Gasteiger charge is -2.24. The van der Waals surface area contributed by atoms with Crippen molar-refractivity contribution < 1.29 is 0 Å². The number of fused-ring (bicyclic) bond motifs is 4. The largest absolute Gasteiger partial charge is 0.307 e. The van der Waals surface area contributed by atoms with Crippen molar-refractivity contribution in [3.05, 3.63) is 117 Å². The van der Waals surface area contributed by atoms with Crippen LogP contribution in [0, 0.1) is 41.5 Å². The average Bonchev–Trinajstić information content (AvgIpc) is 3.59. The van der Waals surface area contributed by atoms with Crippen LogP contribution in [0.5, 0.6) is 0 Å². The van der Waals surface area contributed by atoms with Gasteiger partial charge in [0.05, 0.1) is 21.4 Å². The zero-order valence-electron chi connectivity index (χ0n) is 23.9. The molecular formula is C36H32BNS2. The third-order valence-corrected chi connectivity index (χ3v) is 10.6. The summed E-state index contributed by atoms with van der Waals surface area (Å²) in [6, 6.07) is 27.0. The van der Waals surface area contributed by atoms with Crippen molar-refractivity contribution in [1.82, 2.24) is 4.57 Å². The molecule has 0 radical (unpaired) electrons. The van der Waals surface area contributed by atoms with Gasteiger partial charge in [-0.1, -0.05) is 105 Å². The molecule has 0 bridgehead atoms. The minimum absolute atomic E-state index is 0.194. The molecule has 7 rings (SSSR count). The Morgan fingerprint density at radius 2 is 1.00 bits per heavy atom. The molecule has 7 aromatic rings. The van der Waals surface area contributed by atoms with Crippen LogP contribution in [0.4, 0.5) is 0 Å². The summed E-state index contributed by atoms with van der Waals surface area (Å²) in [6.45, 7) is 13.8. The van der Waals surface area contributed by atoms with Gasteiger partial charge in [-0.25, -0.2) is 0 Å². The molecule has 4 heteroatoms. The molecule has 0 atom stereocenters. The number of aromatic nitrogens is 1. The summed E-state index contributed by atoms with van der Waals surface area (Å²) in [5, 5.41) is 7.44. The van der Waals surface area contributed by atoms with Crippen molar-refractivity contribution in [2.45, 2.75) is 41.5 Å². The van der Waals surface area contributed by atoms with Gasteiger partial charge in [-0.05, 0) is 64.5 Å². The Kier molecular flexibility index (Phi) is 6.03. The van der Waals surface area contributed by atoms with Gasteiger partial charge in [0.2, 0.25) is 6.71 Å². The third kappa shape index (κ3) is 3.81. The molecule has 3 aromatic heterocycles. The number of para-hydroxylation sites is 2. The van der Waals surface area contributed by atoms with Crippen LogP contribution in [-0.2, 0) is 0 Å². The minimum atomic E-state index is 0.194. The lowest BCUT2D eigenvalue weighted by atomic mass is 9.34. The summed E-state index contributed by atoms with van der Waals surface area (Å²) in [4.78, 5) is 0. The third-order valence-electron chi connectivity index (χ3n) is 8.48. The monoisotopic (exact) mass is 553 g/mol. The van der Waals surface area contributed by atoms with E-state index in [0.717, 1.165) is 0 Å². The van der Waals surface area contributed by atoms with Crippen LogP contribution in [-0.4, -0.2) is 11.3 Å². The van der Waals surface area contributed by atoms with Gasteiger partial charge in [-0.2, -0.15) is 0 Å². The summed E-state index contributed by atoms with van der Waals surface area (Å²) >= 11 is 3.80. The molecule has 1 nitrogen and oxygen atoms in total. The molecule has 196 valence electrons. The van der Waals surface area contributed by atoms with Gasteiger partial charge in [0, 0.05) is 20.9 Å². The molecule has 3 heterocycles. The van der Waals surface area contributed by atoms with Crippen molar-refractivity contribution >= 4 is 77.0 Å². The highest BCUT2D eigenvalue weighted by molar-refractivity contribution is 7.30. The normalized spacial score (nSPS) is 11.8. The smallest absolute Gasteiger partial charge is 0.245 e. The van der Waals surface area contributed by atoms with Gasteiger partial charge in [0.1, 0.15) is 0 Å². The second kappa shape index (κ2) is 9.50. The fourth-order valence-corrected chi connectivity index (χ4v) is 9.52. The summed E-state index contributed by atoms with van der Waals surface area (Å²) in [5.41, 5.74) is 16.3. The Hall–Kier alpha value is -3.60. The first-order chi connectivity index (χ1) is 19.3. The van der Waals surface area contributed by atoms with Crippen molar-refractivity contribution in [2.24, 2.45) is 0 Å². The molecule has 0 unspecified atom stereocenters. The predicted molar refractivity (Wildman–Crippen MR) is 180 cm³/mol. The maximum Gasteiger partial charge on any atom is 0.245 e. The Morgan fingerprint density at radius 1 is 0.550 bits per heavy atom. The highest BCUT2D eigenvalue weighted by Gasteiger charge is 2.31. The molecule has 40 heavy (non-hydrogen) atoms. The summed E-state index contributed by atoms with van der Waals surface area (Å²) in [7, 11) is 0. The molecule has 0 saturated heterocycles. The van der Waals surface area contributed by atoms with Gasteiger partial charge in [0.25, 0.3) is 0 Å². The lowest BCUT2D eigenvalue weighted by Crippen LogP contribution is -2.55. The van der Waals surface area contributed by atoms with Crippen LogP contribution in [0.3, 0.4) is 0 Å². The number of rotatable bonds is 4. The molecule has 0 N–H and O–H groups in total. The molecule has 0 spiro atoms. The molecule has 0 amide bonds. The van der Waals surface area contributed by atoms with E-state index in [1.165, 1.54) is 86.7 Å². The van der Waals surface area contributed by atoms with Gasteiger partial charge in [-0.15, -0.1) is 22.7 Å². The van der Waals surface area contributed by atoms with E-state index in [0.29, 0.717) is 0 Å². The fourth-order valence-electron chi connectivity index (χ4n) is 7.11. The standard InChI is InChI=1S/C36H32BNS2/c1-21-15-23(3)33(24(4)16-21)37(34-25(5)17-22(2)18-26(34)6)29-19-39-36-32(20-40-35(29)36)38-30-13-9-7-11-27(30)28-12-8-10-14-31(28)38/h7-20H,1-6H3. The minimum Gasteiger partial charge on any atom is -0.307 e. The van der Waals surface area contributed by atoms with Gasteiger partial charge in [-0.3, -0.25) is 0 Å². The quantitative estimate of drug-likeness (QED) is 0.193. The van der Waals surface area contributed by atoms with E-state index < -0.39 is 0 Å². The number of hydrogen-bond acceptors (Lipinski definition) is 2. The van der Waals surface area contributed by atoms with E-state index in [9.17, 15) is 0 Å². The Morgan fingerprint density at radius 3 is 1.50 bits per heavy atom. The van der Waals surface area contributed by atoms with Gasteiger partial charge >= 0.3 is 0 Å².